The van der Waals surface area contributed by atoms with Gasteiger partial charge in [0, 0.05) is 32.8 Å². The third-order valence-electron chi connectivity index (χ3n) is 3.21. The lowest BCUT2D eigenvalue weighted by atomic mass is 9.99. The Bertz CT molecular complexity index is 245. The number of hydrogen-bond acceptors (Lipinski definition) is 4. The Morgan fingerprint density at radius 1 is 1.62 bits per heavy atom. The van der Waals surface area contributed by atoms with Gasteiger partial charge in [0.15, 0.2) is 0 Å². The summed E-state index contributed by atoms with van der Waals surface area (Å²) in [6.45, 7) is 6.71. The highest BCUT2D eigenvalue weighted by atomic mass is 16.5. The van der Waals surface area contributed by atoms with Crippen LogP contribution in [0.1, 0.15) is 20.3 Å². The highest BCUT2D eigenvalue weighted by Crippen LogP contribution is 2.23. The predicted octanol–water partition coefficient (Wildman–Crippen LogP) is 0.160. The standard InChI is InChI=1S/C11H22N2O3/c1-9(2)13-6-4-11(8-13,10(14)15)12-5-7-16-3/h9,12H,4-8H2,1-3H3,(H,14,15). The first-order valence-electron chi connectivity index (χ1n) is 5.73. The van der Waals surface area contributed by atoms with Crippen LogP contribution in [0.2, 0.25) is 0 Å². The third kappa shape index (κ3) is 2.93. The number of carboxylic acid groups (broad SMARTS) is 1. The molecule has 0 spiro atoms. The van der Waals surface area contributed by atoms with Gasteiger partial charge in [0.05, 0.1) is 6.61 Å². The van der Waals surface area contributed by atoms with Crippen LogP contribution in [0, 0.1) is 0 Å². The summed E-state index contributed by atoms with van der Waals surface area (Å²) in [4.78, 5) is 13.5. The van der Waals surface area contributed by atoms with E-state index in [0.717, 1.165) is 6.54 Å². The van der Waals surface area contributed by atoms with Gasteiger partial charge in [-0.2, -0.15) is 0 Å². The first-order chi connectivity index (χ1) is 7.52. The fourth-order valence-corrected chi connectivity index (χ4v) is 2.07. The summed E-state index contributed by atoms with van der Waals surface area (Å²) < 4.78 is 4.93. The Morgan fingerprint density at radius 3 is 2.75 bits per heavy atom. The normalized spacial score (nSPS) is 26.5. The van der Waals surface area contributed by atoms with E-state index in [4.69, 9.17) is 4.74 Å². The van der Waals surface area contributed by atoms with Crippen LogP contribution in [-0.4, -0.2) is 60.9 Å². The Balaban J connectivity index is 2.58. The van der Waals surface area contributed by atoms with Crippen molar-refractivity contribution in [2.24, 2.45) is 0 Å². The van der Waals surface area contributed by atoms with E-state index in [1.54, 1.807) is 7.11 Å². The molecule has 0 aromatic rings. The van der Waals surface area contributed by atoms with Crippen LogP contribution in [0.15, 0.2) is 0 Å². The maximum atomic E-state index is 11.4. The molecule has 94 valence electrons. The van der Waals surface area contributed by atoms with E-state index in [-0.39, 0.29) is 0 Å². The third-order valence-corrected chi connectivity index (χ3v) is 3.21. The van der Waals surface area contributed by atoms with E-state index in [9.17, 15) is 9.90 Å². The molecule has 1 aliphatic rings. The van der Waals surface area contributed by atoms with Crippen LogP contribution in [0.5, 0.6) is 0 Å². The minimum atomic E-state index is -0.789. The van der Waals surface area contributed by atoms with Crippen LogP contribution in [0.4, 0.5) is 0 Å². The lowest BCUT2D eigenvalue weighted by molar-refractivity contribution is -0.144. The van der Waals surface area contributed by atoms with Crippen molar-refractivity contribution in [2.45, 2.75) is 31.8 Å². The number of rotatable bonds is 6. The first kappa shape index (κ1) is 13.4. The zero-order chi connectivity index (χ0) is 12.2. The Morgan fingerprint density at radius 2 is 2.31 bits per heavy atom. The highest BCUT2D eigenvalue weighted by molar-refractivity contribution is 5.79. The number of hydrogen-bond donors (Lipinski definition) is 2. The van der Waals surface area contributed by atoms with E-state index in [0.29, 0.717) is 32.2 Å². The molecular formula is C11H22N2O3. The summed E-state index contributed by atoms with van der Waals surface area (Å²) in [6, 6.07) is 0.394. The number of likely N-dealkylation sites (tertiary alicyclic amines) is 1. The molecule has 1 saturated heterocycles. The molecule has 1 atom stereocenters. The molecule has 0 radical (unpaired) electrons. The molecule has 0 aliphatic carbocycles. The summed E-state index contributed by atoms with van der Waals surface area (Å²) in [7, 11) is 1.62. The average Bonchev–Trinajstić information content (AvgIpc) is 2.64. The predicted molar refractivity (Wildman–Crippen MR) is 61.6 cm³/mol. The van der Waals surface area contributed by atoms with E-state index in [2.05, 4.69) is 24.1 Å². The van der Waals surface area contributed by atoms with Crippen molar-refractivity contribution >= 4 is 5.97 Å². The summed E-state index contributed by atoms with van der Waals surface area (Å²) >= 11 is 0. The molecule has 0 amide bonds. The van der Waals surface area contributed by atoms with Gasteiger partial charge >= 0.3 is 5.97 Å². The van der Waals surface area contributed by atoms with E-state index in [1.807, 2.05) is 0 Å². The van der Waals surface area contributed by atoms with Gasteiger partial charge in [-0.15, -0.1) is 0 Å². The number of carboxylic acids is 1. The Labute approximate surface area is 96.8 Å². The summed E-state index contributed by atoms with van der Waals surface area (Å²) in [5, 5.41) is 12.4. The summed E-state index contributed by atoms with van der Waals surface area (Å²) in [5.74, 6) is -0.758. The first-order valence-corrected chi connectivity index (χ1v) is 5.73. The van der Waals surface area contributed by atoms with Crippen molar-refractivity contribution in [2.75, 3.05) is 33.4 Å². The van der Waals surface area contributed by atoms with Gasteiger partial charge in [-0.05, 0) is 20.3 Å². The monoisotopic (exact) mass is 230 g/mol. The van der Waals surface area contributed by atoms with Crippen molar-refractivity contribution in [1.82, 2.24) is 10.2 Å². The molecule has 16 heavy (non-hydrogen) atoms. The molecule has 2 N–H and O–H groups in total. The molecule has 1 unspecified atom stereocenters. The summed E-state index contributed by atoms with van der Waals surface area (Å²) in [5.41, 5.74) is -0.789. The lowest BCUT2D eigenvalue weighted by Gasteiger charge is -2.27. The van der Waals surface area contributed by atoms with Crippen LogP contribution in [0.3, 0.4) is 0 Å². The molecule has 0 bridgehead atoms. The van der Waals surface area contributed by atoms with Crippen LogP contribution in [-0.2, 0) is 9.53 Å². The van der Waals surface area contributed by atoms with Crippen molar-refractivity contribution in [3.8, 4) is 0 Å². The molecule has 5 nitrogen and oxygen atoms in total. The summed E-state index contributed by atoms with van der Waals surface area (Å²) in [6.07, 6.45) is 0.657. The minimum Gasteiger partial charge on any atom is -0.480 e. The lowest BCUT2D eigenvalue weighted by Crippen LogP contribution is -2.55. The molecule has 0 saturated carbocycles. The second-order valence-electron chi connectivity index (χ2n) is 4.62. The molecule has 1 aliphatic heterocycles. The van der Waals surface area contributed by atoms with Crippen molar-refractivity contribution in [1.29, 1.82) is 0 Å². The fourth-order valence-electron chi connectivity index (χ4n) is 2.07. The van der Waals surface area contributed by atoms with Crippen LogP contribution >= 0.6 is 0 Å². The molecule has 1 heterocycles. The quantitative estimate of drug-likeness (QED) is 0.636. The fraction of sp³-hybridized carbons (Fsp3) is 0.909. The SMILES string of the molecule is COCCNC1(C(=O)O)CCN(C(C)C)C1. The second-order valence-corrected chi connectivity index (χ2v) is 4.62. The minimum absolute atomic E-state index is 0.394. The van der Waals surface area contributed by atoms with Crippen LogP contribution < -0.4 is 5.32 Å². The Kier molecular flexibility index (Phi) is 4.70. The Hall–Kier alpha value is -0.650. The number of nitrogens with one attached hydrogen (secondary N) is 1. The van der Waals surface area contributed by atoms with E-state index >= 15 is 0 Å². The van der Waals surface area contributed by atoms with E-state index in [1.165, 1.54) is 0 Å². The van der Waals surface area contributed by atoms with Gasteiger partial charge in [0.1, 0.15) is 5.54 Å². The maximum absolute atomic E-state index is 11.4. The number of aliphatic carboxylic acids is 1. The largest absolute Gasteiger partial charge is 0.480 e. The highest BCUT2D eigenvalue weighted by Gasteiger charge is 2.44. The maximum Gasteiger partial charge on any atom is 0.325 e. The topological polar surface area (TPSA) is 61.8 Å². The van der Waals surface area contributed by atoms with Crippen molar-refractivity contribution < 1.29 is 14.6 Å². The van der Waals surface area contributed by atoms with Gasteiger partial charge in [-0.25, -0.2) is 0 Å². The molecule has 5 heteroatoms. The molecule has 1 fully saturated rings. The van der Waals surface area contributed by atoms with Gasteiger partial charge in [0.25, 0.3) is 0 Å². The molecular weight excluding hydrogens is 208 g/mol. The zero-order valence-electron chi connectivity index (χ0n) is 10.3. The van der Waals surface area contributed by atoms with Gasteiger partial charge < -0.3 is 9.84 Å². The number of nitrogens with zero attached hydrogens (tertiary/aromatic N) is 1. The number of ether oxygens (including phenoxy) is 1. The van der Waals surface area contributed by atoms with Gasteiger partial charge in [0.2, 0.25) is 0 Å². The molecule has 0 aromatic heterocycles. The van der Waals surface area contributed by atoms with Crippen molar-refractivity contribution in [3.63, 3.8) is 0 Å². The average molecular weight is 230 g/mol. The van der Waals surface area contributed by atoms with Crippen molar-refractivity contribution in [3.05, 3.63) is 0 Å². The van der Waals surface area contributed by atoms with Gasteiger partial charge in [-0.1, -0.05) is 0 Å². The second kappa shape index (κ2) is 5.61. The van der Waals surface area contributed by atoms with Crippen LogP contribution in [0.25, 0.3) is 0 Å². The smallest absolute Gasteiger partial charge is 0.325 e. The molecule has 0 aromatic carbocycles. The molecule has 1 rings (SSSR count). The zero-order valence-corrected chi connectivity index (χ0v) is 10.3. The number of carbonyl (C=O) groups is 1. The van der Waals surface area contributed by atoms with E-state index < -0.39 is 11.5 Å². The van der Waals surface area contributed by atoms with Gasteiger partial charge in [-0.3, -0.25) is 15.0 Å². The number of methoxy groups -OCH3 is 1.